The van der Waals surface area contributed by atoms with Crippen LogP contribution in [0.2, 0.25) is 0 Å². The summed E-state index contributed by atoms with van der Waals surface area (Å²) in [7, 11) is 0. The first-order chi connectivity index (χ1) is 9.13. The lowest BCUT2D eigenvalue weighted by atomic mass is 10.1. The van der Waals surface area contributed by atoms with Crippen molar-refractivity contribution in [1.29, 1.82) is 0 Å². The summed E-state index contributed by atoms with van der Waals surface area (Å²) in [6.07, 6.45) is 1.31. The van der Waals surface area contributed by atoms with Gasteiger partial charge in [-0.15, -0.1) is 0 Å². The highest BCUT2D eigenvalue weighted by atomic mass is 16.5. The number of aromatic nitrogens is 1. The molecule has 1 fully saturated rings. The lowest BCUT2D eigenvalue weighted by Gasteiger charge is -2.17. The van der Waals surface area contributed by atoms with Gasteiger partial charge in [-0.05, 0) is 31.5 Å². The fourth-order valence-electron chi connectivity index (χ4n) is 2.42. The first-order valence-corrected chi connectivity index (χ1v) is 6.92. The molecule has 0 aliphatic carbocycles. The van der Waals surface area contributed by atoms with Gasteiger partial charge in [0.15, 0.2) is 11.5 Å². The van der Waals surface area contributed by atoms with Crippen LogP contribution in [0.15, 0.2) is 22.6 Å². The van der Waals surface area contributed by atoms with Gasteiger partial charge >= 0.3 is 0 Å². The van der Waals surface area contributed by atoms with Crippen molar-refractivity contribution in [1.82, 2.24) is 4.98 Å². The number of rotatable bonds is 3. The molecule has 19 heavy (non-hydrogen) atoms. The number of anilines is 1. The number of oxazole rings is 1. The number of fused-ring (bicyclic) bond motifs is 1. The summed E-state index contributed by atoms with van der Waals surface area (Å²) in [6.45, 7) is 7.11. The van der Waals surface area contributed by atoms with E-state index in [1.807, 2.05) is 12.1 Å². The molecule has 0 radical (unpaired) electrons. The van der Waals surface area contributed by atoms with Crippen LogP contribution in [0.4, 0.5) is 5.69 Å². The van der Waals surface area contributed by atoms with Crippen LogP contribution in [0, 0.1) is 0 Å². The molecule has 1 saturated heterocycles. The summed E-state index contributed by atoms with van der Waals surface area (Å²) in [5, 5.41) is 3.51. The highest BCUT2D eigenvalue weighted by Crippen LogP contribution is 2.25. The van der Waals surface area contributed by atoms with Gasteiger partial charge < -0.3 is 14.5 Å². The molecular weight excluding hydrogens is 240 g/mol. The molecule has 0 saturated carbocycles. The lowest BCUT2D eigenvalue weighted by molar-refractivity contribution is 0.121. The largest absolute Gasteiger partial charge is 0.440 e. The predicted molar refractivity (Wildman–Crippen MR) is 75.5 cm³/mol. The maximum absolute atomic E-state index is 5.71. The van der Waals surface area contributed by atoms with Crippen LogP contribution in [0.3, 0.4) is 0 Å². The number of nitrogens with one attached hydrogen (secondary N) is 1. The third-order valence-electron chi connectivity index (χ3n) is 3.63. The molecule has 1 aromatic heterocycles. The van der Waals surface area contributed by atoms with Crippen molar-refractivity contribution in [3.63, 3.8) is 0 Å². The van der Waals surface area contributed by atoms with Crippen molar-refractivity contribution in [2.24, 2.45) is 0 Å². The molecule has 4 heteroatoms. The van der Waals surface area contributed by atoms with Crippen molar-refractivity contribution in [2.75, 3.05) is 11.9 Å². The third-order valence-corrected chi connectivity index (χ3v) is 3.63. The van der Waals surface area contributed by atoms with E-state index in [1.165, 1.54) is 0 Å². The molecule has 0 spiro atoms. The third kappa shape index (κ3) is 2.45. The summed E-state index contributed by atoms with van der Waals surface area (Å²) >= 11 is 0. The van der Waals surface area contributed by atoms with Gasteiger partial charge in [0.25, 0.3) is 0 Å². The Morgan fingerprint density at radius 2 is 2.21 bits per heavy atom. The zero-order valence-electron chi connectivity index (χ0n) is 11.6. The molecule has 0 bridgehead atoms. The van der Waals surface area contributed by atoms with Gasteiger partial charge in [-0.3, -0.25) is 0 Å². The quantitative estimate of drug-likeness (QED) is 0.917. The minimum absolute atomic E-state index is 0.263. The SMILES string of the molecule is CC(C)c1nc2cc(NC3CCOC3C)ccc2o1. The molecule has 2 heterocycles. The normalized spacial score (nSPS) is 23.4. The average molecular weight is 260 g/mol. The summed E-state index contributed by atoms with van der Waals surface area (Å²) in [4.78, 5) is 4.53. The van der Waals surface area contributed by atoms with Crippen molar-refractivity contribution >= 4 is 16.8 Å². The van der Waals surface area contributed by atoms with E-state index in [4.69, 9.17) is 9.15 Å². The predicted octanol–water partition coefficient (Wildman–Crippen LogP) is 3.54. The van der Waals surface area contributed by atoms with Gasteiger partial charge in [0, 0.05) is 18.2 Å². The molecule has 2 aromatic rings. The Kier molecular flexibility index (Phi) is 3.19. The fourth-order valence-corrected chi connectivity index (χ4v) is 2.42. The van der Waals surface area contributed by atoms with Crippen molar-refractivity contribution in [2.45, 2.75) is 45.3 Å². The lowest BCUT2D eigenvalue weighted by Crippen LogP contribution is -2.26. The highest BCUT2D eigenvalue weighted by Gasteiger charge is 2.24. The van der Waals surface area contributed by atoms with Gasteiger partial charge in [-0.25, -0.2) is 4.98 Å². The van der Waals surface area contributed by atoms with E-state index in [0.29, 0.717) is 12.0 Å². The summed E-state index contributed by atoms with van der Waals surface area (Å²) in [5.41, 5.74) is 2.85. The molecule has 2 unspecified atom stereocenters. The smallest absolute Gasteiger partial charge is 0.198 e. The first kappa shape index (κ1) is 12.5. The zero-order chi connectivity index (χ0) is 13.4. The molecular formula is C15H20N2O2. The molecule has 2 atom stereocenters. The molecule has 4 nitrogen and oxygen atoms in total. The fraction of sp³-hybridized carbons (Fsp3) is 0.533. The summed E-state index contributed by atoms with van der Waals surface area (Å²) < 4.78 is 11.3. The van der Waals surface area contributed by atoms with Crippen LogP contribution in [-0.4, -0.2) is 23.7 Å². The minimum atomic E-state index is 0.263. The van der Waals surface area contributed by atoms with Gasteiger partial charge in [0.05, 0.1) is 12.1 Å². The van der Waals surface area contributed by atoms with Crippen LogP contribution >= 0.6 is 0 Å². The van der Waals surface area contributed by atoms with E-state index in [-0.39, 0.29) is 6.10 Å². The Morgan fingerprint density at radius 3 is 2.89 bits per heavy atom. The van der Waals surface area contributed by atoms with Crippen LogP contribution < -0.4 is 5.32 Å². The van der Waals surface area contributed by atoms with E-state index < -0.39 is 0 Å². The highest BCUT2D eigenvalue weighted by molar-refractivity contribution is 5.77. The monoisotopic (exact) mass is 260 g/mol. The van der Waals surface area contributed by atoms with Crippen LogP contribution in [0.5, 0.6) is 0 Å². The molecule has 0 amide bonds. The number of ether oxygens (including phenoxy) is 1. The van der Waals surface area contributed by atoms with Gasteiger partial charge in [-0.2, -0.15) is 0 Å². The Labute approximate surface area is 113 Å². The first-order valence-electron chi connectivity index (χ1n) is 6.92. The Morgan fingerprint density at radius 1 is 1.37 bits per heavy atom. The standard InChI is InChI=1S/C15H20N2O2/c1-9(2)15-17-13-8-11(4-5-14(13)19-15)16-12-6-7-18-10(12)3/h4-5,8-10,12,16H,6-7H2,1-3H3. The average Bonchev–Trinajstić information content (AvgIpc) is 2.96. The molecule has 1 aliphatic heterocycles. The molecule has 1 aliphatic rings. The molecule has 102 valence electrons. The molecule has 1 N–H and O–H groups in total. The van der Waals surface area contributed by atoms with E-state index in [9.17, 15) is 0 Å². The zero-order valence-corrected chi connectivity index (χ0v) is 11.6. The van der Waals surface area contributed by atoms with Crippen LogP contribution in [0.1, 0.15) is 39.0 Å². The maximum atomic E-state index is 5.71. The number of hydrogen-bond donors (Lipinski definition) is 1. The second-order valence-corrected chi connectivity index (χ2v) is 5.50. The van der Waals surface area contributed by atoms with E-state index in [2.05, 4.69) is 37.1 Å². The Bertz CT molecular complexity index is 577. The van der Waals surface area contributed by atoms with E-state index >= 15 is 0 Å². The topological polar surface area (TPSA) is 47.3 Å². The van der Waals surface area contributed by atoms with E-state index in [0.717, 1.165) is 35.7 Å². The van der Waals surface area contributed by atoms with Gasteiger partial charge in [0.1, 0.15) is 5.52 Å². The van der Waals surface area contributed by atoms with Gasteiger partial charge in [0.2, 0.25) is 0 Å². The molecule has 3 rings (SSSR count). The number of nitrogens with zero attached hydrogens (tertiary/aromatic N) is 1. The Balaban J connectivity index is 1.84. The molecule has 1 aromatic carbocycles. The maximum Gasteiger partial charge on any atom is 0.198 e. The van der Waals surface area contributed by atoms with Crippen molar-refractivity contribution in [3.8, 4) is 0 Å². The minimum Gasteiger partial charge on any atom is -0.440 e. The van der Waals surface area contributed by atoms with Crippen LogP contribution in [-0.2, 0) is 4.74 Å². The Hall–Kier alpha value is -1.55. The van der Waals surface area contributed by atoms with Gasteiger partial charge in [-0.1, -0.05) is 13.8 Å². The summed E-state index contributed by atoms with van der Waals surface area (Å²) in [5.74, 6) is 1.11. The number of hydrogen-bond acceptors (Lipinski definition) is 4. The van der Waals surface area contributed by atoms with Crippen molar-refractivity contribution in [3.05, 3.63) is 24.1 Å². The van der Waals surface area contributed by atoms with Crippen LogP contribution in [0.25, 0.3) is 11.1 Å². The second kappa shape index (κ2) is 4.85. The van der Waals surface area contributed by atoms with E-state index in [1.54, 1.807) is 0 Å². The number of benzene rings is 1. The summed E-state index contributed by atoms with van der Waals surface area (Å²) in [6, 6.07) is 6.46. The second-order valence-electron chi connectivity index (χ2n) is 5.50. The van der Waals surface area contributed by atoms with Crippen molar-refractivity contribution < 1.29 is 9.15 Å².